The Morgan fingerprint density at radius 1 is 1.08 bits per heavy atom. The largest absolute Gasteiger partial charge is 0.478 e. The van der Waals surface area contributed by atoms with Gasteiger partial charge in [0.25, 0.3) is 5.91 Å². The van der Waals surface area contributed by atoms with Gasteiger partial charge in [-0.15, -0.1) is 11.3 Å². The molecule has 0 radical (unpaired) electrons. The van der Waals surface area contributed by atoms with Crippen LogP contribution in [0.3, 0.4) is 0 Å². The Morgan fingerprint density at radius 2 is 1.77 bits per heavy atom. The van der Waals surface area contributed by atoms with Gasteiger partial charge in [-0.3, -0.25) is 4.79 Å². The molecule has 0 spiro atoms. The van der Waals surface area contributed by atoms with Gasteiger partial charge in [0, 0.05) is 14.9 Å². The second-order valence-electron chi connectivity index (χ2n) is 5.24. The lowest BCUT2D eigenvalue weighted by atomic mass is 10.1. The molecule has 26 heavy (non-hydrogen) atoms. The highest BCUT2D eigenvalue weighted by Gasteiger charge is 2.22. The summed E-state index contributed by atoms with van der Waals surface area (Å²) in [6.07, 6.45) is 0. The Hall–Kier alpha value is -1.86. The predicted octanol–water partition coefficient (Wildman–Crippen LogP) is 6.43. The first-order chi connectivity index (χ1) is 12.4. The molecule has 0 fully saturated rings. The standard InChI is InChI=1S/C18H10BrCl2NO3S/c19-10-3-1-9(2-4-10)16-15(18(24)25)14(8-26-16)22-17(23)12-6-5-11(20)7-13(12)21/h1-8H,(H,22,23)(H,24,25). The average molecular weight is 471 g/mol. The van der Waals surface area contributed by atoms with Gasteiger partial charge in [-0.2, -0.15) is 0 Å². The zero-order valence-electron chi connectivity index (χ0n) is 12.9. The molecule has 0 aliphatic rings. The fraction of sp³-hybridized carbons (Fsp3) is 0. The van der Waals surface area contributed by atoms with Crippen LogP contribution in [0.5, 0.6) is 0 Å². The van der Waals surface area contributed by atoms with E-state index in [-0.39, 0.29) is 21.8 Å². The SMILES string of the molecule is O=C(Nc1csc(-c2ccc(Br)cc2)c1C(=O)O)c1ccc(Cl)cc1Cl. The van der Waals surface area contributed by atoms with Gasteiger partial charge in [0.15, 0.2) is 0 Å². The molecule has 1 heterocycles. The van der Waals surface area contributed by atoms with Crippen molar-refractivity contribution in [3.63, 3.8) is 0 Å². The van der Waals surface area contributed by atoms with E-state index < -0.39 is 11.9 Å². The highest BCUT2D eigenvalue weighted by Crippen LogP contribution is 2.37. The topological polar surface area (TPSA) is 66.4 Å². The number of anilines is 1. The van der Waals surface area contributed by atoms with Crippen LogP contribution < -0.4 is 5.32 Å². The van der Waals surface area contributed by atoms with Crippen molar-refractivity contribution in [3.8, 4) is 10.4 Å². The number of hydrogen-bond donors (Lipinski definition) is 2. The van der Waals surface area contributed by atoms with Gasteiger partial charge < -0.3 is 10.4 Å². The van der Waals surface area contributed by atoms with Gasteiger partial charge in [-0.05, 0) is 35.9 Å². The summed E-state index contributed by atoms with van der Waals surface area (Å²) in [7, 11) is 0. The van der Waals surface area contributed by atoms with Crippen LogP contribution in [0.15, 0.2) is 52.3 Å². The molecule has 0 aliphatic carbocycles. The summed E-state index contributed by atoms with van der Waals surface area (Å²) in [6, 6.07) is 11.8. The Kier molecular flexibility index (Phi) is 5.67. The van der Waals surface area contributed by atoms with Crippen LogP contribution in [-0.2, 0) is 0 Å². The summed E-state index contributed by atoms with van der Waals surface area (Å²) in [5.74, 6) is -1.63. The Labute approximate surface area is 171 Å². The van der Waals surface area contributed by atoms with Crippen LogP contribution in [0.4, 0.5) is 5.69 Å². The number of hydrogen-bond acceptors (Lipinski definition) is 3. The van der Waals surface area contributed by atoms with Crippen molar-refractivity contribution in [2.45, 2.75) is 0 Å². The van der Waals surface area contributed by atoms with Crippen molar-refractivity contribution < 1.29 is 14.7 Å². The van der Waals surface area contributed by atoms with Crippen LogP contribution in [-0.4, -0.2) is 17.0 Å². The van der Waals surface area contributed by atoms with Gasteiger partial charge in [0.05, 0.1) is 21.2 Å². The number of carbonyl (C=O) groups excluding carboxylic acids is 1. The van der Waals surface area contributed by atoms with Crippen LogP contribution in [0, 0.1) is 0 Å². The van der Waals surface area contributed by atoms with Crippen LogP contribution in [0.25, 0.3) is 10.4 Å². The van der Waals surface area contributed by atoms with Crippen LogP contribution in [0.2, 0.25) is 10.0 Å². The van der Waals surface area contributed by atoms with E-state index in [1.165, 1.54) is 23.5 Å². The molecule has 0 saturated heterocycles. The summed E-state index contributed by atoms with van der Waals surface area (Å²) >= 11 is 16.5. The zero-order chi connectivity index (χ0) is 18.8. The lowest BCUT2D eigenvalue weighted by molar-refractivity contribution is 0.0699. The number of carbonyl (C=O) groups is 2. The molecule has 4 nitrogen and oxygen atoms in total. The molecule has 2 N–H and O–H groups in total. The fourth-order valence-electron chi connectivity index (χ4n) is 2.34. The zero-order valence-corrected chi connectivity index (χ0v) is 16.8. The molecule has 2 aromatic carbocycles. The molecule has 0 unspecified atom stereocenters. The minimum absolute atomic E-state index is 0.0377. The highest BCUT2D eigenvalue weighted by molar-refractivity contribution is 9.10. The minimum Gasteiger partial charge on any atom is -0.478 e. The normalized spacial score (nSPS) is 10.6. The molecular weight excluding hydrogens is 461 g/mol. The molecule has 3 rings (SSSR count). The van der Waals surface area contributed by atoms with Crippen molar-refractivity contribution in [1.29, 1.82) is 0 Å². The number of carboxylic acid groups (broad SMARTS) is 1. The van der Waals surface area contributed by atoms with Gasteiger partial charge in [-0.25, -0.2) is 4.79 Å². The highest BCUT2D eigenvalue weighted by atomic mass is 79.9. The van der Waals surface area contributed by atoms with E-state index in [9.17, 15) is 14.7 Å². The Balaban J connectivity index is 1.97. The fourth-order valence-corrected chi connectivity index (χ4v) is 4.10. The smallest absolute Gasteiger partial charge is 0.339 e. The number of amides is 1. The Bertz CT molecular complexity index is 1000. The molecule has 1 amide bonds. The quantitative estimate of drug-likeness (QED) is 0.461. The number of aromatic carboxylic acids is 1. The third kappa shape index (κ3) is 3.94. The maximum atomic E-state index is 12.5. The number of halogens is 3. The summed E-state index contributed by atoms with van der Waals surface area (Å²) in [5.41, 5.74) is 1.22. The lowest BCUT2D eigenvalue weighted by Gasteiger charge is -2.08. The monoisotopic (exact) mass is 469 g/mol. The average Bonchev–Trinajstić information content (AvgIpc) is 2.99. The number of benzene rings is 2. The van der Waals surface area contributed by atoms with E-state index in [1.807, 2.05) is 24.3 Å². The van der Waals surface area contributed by atoms with Crippen molar-refractivity contribution in [2.75, 3.05) is 5.32 Å². The second kappa shape index (κ2) is 7.80. The first kappa shape index (κ1) is 18.9. The molecule has 0 atom stereocenters. The van der Waals surface area contributed by atoms with E-state index in [2.05, 4.69) is 21.2 Å². The number of thiophene rings is 1. The van der Waals surface area contributed by atoms with Gasteiger partial charge in [0.1, 0.15) is 5.56 Å². The van der Waals surface area contributed by atoms with E-state index >= 15 is 0 Å². The summed E-state index contributed by atoms with van der Waals surface area (Å²) in [6.45, 7) is 0. The molecular formula is C18H10BrCl2NO3S. The van der Waals surface area contributed by atoms with Gasteiger partial charge in [0.2, 0.25) is 0 Å². The maximum Gasteiger partial charge on any atom is 0.339 e. The third-order valence-corrected chi connectivity index (χ3v) is 5.64. The van der Waals surface area contributed by atoms with E-state index in [0.29, 0.717) is 9.90 Å². The summed E-state index contributed by atoms with van der Waals surface area (Å²) in [4.78, 5) is 24.8. The van der Waals surface area contributed by atoms with Crippen LogP contribution >= 0.6 is 50.5 Å². The first-order valence-corrected chi connectivity index (χ1v) is 9.67. The summed E-state index contributed by atoms with van der Waals surface area (Å²) < 4.78 is 0.889. The van der Waals surface area contributed by atoms with Crippen molar-refractivity contribution in [3.05, 3.63) is 73.5 Å². The summed E-state index contributed by atoms with van der Waals surface area (Å²) in [5, 5.41) is 14.5. The van der Waals surface area contributed by atoms with Crippen molar-refractivity contribution in [2.24, 2.45) is 0 Å². The number of nitrogens with one attached hydrogen (secondary N) is 1. The predicted molar refractivity (Wildman–Crippen MR) is 109 cm³/mol. The maximum absolute atomic E-state index is 12.5. The van der Waals surface area contributed by atoms with Crippen molar-refractivity contribution >= 4 is 68.0 Å². The molecule has 0 bridgehead atoms. The lowest BCUT2D eigenvalue weighted by Crippen LogP contribution is -2.14. The second-order valence-corrected chi connectivity index (χ2v) is 7.88. The third-order valence-electron chi connectivity index (χ3n) is 3.54. The molecule has 0 saturated carbocycles. The Morgan fingerprint density at radius 3 is 2.38 bits per heavy atom. The van der Waals surface area contributed by atoms with E-state index in [4.69, 9.17) is 23.2 Å². The van der Waals surface area contributed by atoms with E-state index in [0.717, 1.165) is 10.0 Å². The number of rotatable bonds is 4. The molecule has 132 valence electrons. The minimum atomic E-state index is -1.12. The van der Waals surface area contributed by atoms with Gasteiger partial charge in [-0.1, -0.05) is 51.3 Å². The molecule has 1 aromatic heterocycles. The van der Waals surface area contributed by atoms with Crippen LogP contribution in [0.1, 0.15) is 20.7 Å². The first-order valence-electron chi connectivity index (χ1n) is 7.24. The molecule has 8 heteroatoms. The van der Waals surface area contributed by atoms with Gasteiger partial charge >= 0.3 is 5.97 Å². The molecule has 3 aromatic rings. The number of carboxylic acids is 1. The van der Waals surface area contributed by atoms with E-state index in [1.54, 1.807) is 11.4 Å². The molecule has 0 aliphatic heterocycles. The van der Waals surface area contributed by atoms with Crippen molar-refractivity contribution in [1.82, 2.24) is 0 Å².